The first kappa shape index (κ1) is 19.9. The number of ether oxygens (including phenoxy) is 2. The van der Waals surface area contributed by atoms with Crippen molar-refractivity contribution in [3.63, 3.8) is 0 Å². The van der Waals surface area contributed by atoms with Crippen LogP contribution in [0.4, 0.5) is 0 Å². The molecule has 170 valence electrons. The number of rotatable bonds is 6. The summed E-state index contributed by atoms with van der Waals surface area (Å²) in [6.45, 7) is 0.699. The van der Waals surface area contributed by atoms with Crippen molar-refractivity contribution in [2.75, 3.05) is 6.79 Å². The molecule has 1 saturated heterocycles. The van der Waals surface area contributed by atoms with Gasteiger partial charge in [-0.25, -0.2) is 5.43 Å². The number of hydrazone groups is 1. The molecule has 9 nitrogen and oxygen atoms in total. The van der Waals surface area contributed by atoms with Gasteiger partial charge in [0.1, 0.15) is 12.0 Å². The number of hydrazine groups is 1. The molecule has 3 N–H and O–H groups in total. The Kier molecular flexibility index (Phi) is 5.03. The molecule has 33 heavy (non-hydrogen) atoms. The number of amides is 1. The van der Waals surface area contributed by atoms with Gasteiger partial charge in [0, 0.05) is 31.8 Å². The molecule has 0 radical (unpaired) electrons. The number of hydrogen-bond donors (Lipinski definition) is 3. The molecule has 1 fully saturated rings. The van der Waals surface area contributed by atoms with Gasteiger partial charge in [0.15, 0.2) is 11.5 Å². The van der Waals surface area contributed by atoms with Crippen molar-refractivity contribution in [3.8, 4) is 11.5 Å². The van der Waals surface area contributed by atoms with Crippen LogP contribution < -0.4 is 25.6 Å². The van der Waals surface area contributed by atoms with Crippen LogP contribution in [0.25, 0.3) is 0 Å². The maximum Gasteiger partial charge on any atom is 0.231 e. The lowest BCUT2D eigenvalue weighted by Gasteiger charge is -2.37. The molecule has 4 heterocycles. The number of carbonyl (C=O) groups excluding carboxylic acids is 1. The van der Waals surface area contributed by atoms with Crippen LogP contribution in [-0.4, -0.2) is 40.7 Å². The zero-order valence-electron chi connectivity index (χ0n) is 18.1. The molecule has 0 aliphatic carbocycles. The van der Waals surface area contributed by atoms with E-state index in [1.54, 1.807) is 0 Å². The maximum atomic E-state index is 12.5. The lowest BCUT2D eigenvalue weighted by molar-refractivity contribution is -0.121. The van der Waals surface area contributed by atoms with Gasteiger partial charge in [-0.15, -0.1) is 0 Å². The normalized spacial score (nSPS) is 24.2. The number of carbonyl (C=O) groups is 1. The smallest absolute Gasteiger partial charge is 0.231 e. The molecule has 6 rings (SSSR count). The molecule has 0 bridgehead atoms. The van der Waals surface area contributed by atoms with Crippen LogP contribution in [0.2, 0.25) is 0 Å². The minimum atomic E-state index is -0.00638. The quantitative estimate of drug-likeness (QED) is 0.627. The highest BCUT2D eigenvalue weighted by atomic mass is 16.7. The van der Waals surface area contributed by atoms with Gasteiger partial charge in [-0.2, -0.15) is 5.10 Å². The van der Waals surface area contributed by atoms with Crippen molar-refractivity contribution in [3.05, 3.63) is 72.1 Å². The van der Waals surface area contributed by atoms with Crippen LogP contribution in [0.15, 0.2) is 66.0 Å². The average molecular weight is 447 g/mol. The van der Waals surface area contributed by atoms with E-state index in [1.807, 2.05) is 30.5 Å². The summed E-state index contributed by atoms with van der Waals surface area (Å²) in [5.74, 6) is 2.35. The predicted octanol–water partition coefficient (Wildman–Crippen LogP) is 2.16. The highest BCUT2D eigenvalue weighted by molar-refractivity contribution is 5.89. The molecular formula is C24H26N6O3. The van der Waals surface area contributed by atoms with Gasteiger partial charge >= 0.3 is 0 Å². The third-order valence-corrected chi connectivity index (χ3v) is 6.52. The Morgan fingerprint density at radius 2 is 2.00 bits per heavy atom. The zero-order valence-corrected chi connectivity index (χ0v) is 18.1. The number of fused-ring (bicyclic) bond motifs is 4. The number of benzene rings is 2. The molecule has 2 aromatic rings. The fraction of sp³-hybridized carbons (Fsp3) is 0.333. The lowest BCUT2D eigenvalue weighted by atomic mass is 10.00. The third kappa shape index (κ3) is 3.84. The molecule has 0 saturated carbocycles. The highest BCUT2D eigenvalue weighted by Crippen LogP contribution is 2.34. The standard InChI is InChI=1S/C24H26N6O3/c31-23(25-14-16-6-7-20-21(12-16)33-15-32-20)9-8-22-26-27-24-19-13-18(17-4-2-1-3-5-17)28-30(19)11-10-29(22)24/h1-7,10-12,18-19,24,27-28H,8-9,13-15H2,(H,25,31). The average Bonchev–Trinajstić information content (AvgIpc) is 3.59. The Morgan fingerprint density at radius 3 is 2.91 bits per heavy atom. The number of nitrogens with one attached hydrogen (secondary N) is 3. The summed E-state index contributed by atoms with van der Waals surface area (Å²) in [5, 5.41) is 9.70. The first-order chi connectivity index (χ1) is 16.2. The van der Waals surface area contributed by atoms with Crippen molar-refractivity contribution in [2.24, 2.45) is 5.10 Å². The zero-order chi connectivity index (χ0) is 22.2. The summed E-state index contributed by atoms with van der Waals surface area (Å²) in [4.78, 5) is 14.6. The molecule has 4 aliphatic heterocycles. The van der Waals surface area contributed by atoms with E-state index < -0.39 is 0 Å². The van der Waals surface area contributed by atoms with Gasteiger partial charge in [0.05, 0.1) is 12.1 Å². The Hall–Kier alpha value is -3.72. The third-order valence-electron chi connectivity index (χ3n) is 6.52. The Balaban J connectivity index is 1.01. The van der Waals surface area contributed by atoms with E-state index in [0.29, 0.717) is 19.4 Å². The topological polar surface area (TPSA) is 90.5 Å². The van der Waals surface area contributed by atoms with Gasteiger partial charge in [-0.3, -0.25) is 10.2 Å². The molecule has 2 aromatic carbocycles. The monoisotopic (exact) mass is 446 g/mol. The van der Waals surface area contributed by atoms with E-state index in [2.05, 4.69) is 61.6 Å². The second-order valence-corrected chi connectivity index (χ2v) is 8.57. The van der Waals surface area contributed by atoms with Crippen LogP contribution in [-0.2, 0) is 11.3 Å². The lowest BCUT2D eigenvalue weighted by Crippen LogP contribution is -2.54. The molecule has 0 aromatic heterocycles. The van der Waals surface area contributed by atoms with E-state index in [1.165, 1.54) is 5.56 Å². The van der Waals surface area contributed by atoms with Gasteiger partial charge in [0.2, 0.25) is 12.7 Å². The molecule has 3 unspecified atom stereocenters. The molecule has 4 aliphatic rings. The summed E-state index contributed by atoms with van der Waals surface area (Å²) in [6, 6.07) is 16.7. The van der Waals surface area contributed by atoms with Gasteiger partial charge in [-0.1, -0.05) is 36.4 Å². The van der Waals surface area contributed by atoms with Crippen molar-refractivity contribution >= 4 is 11.7 Å². The van der Waals surface area contributed by atoms with E-state index in [-0.39, 0.29) is 30.9 Å². The Labute approximate surface area is 192 Å². The fourth-order valence-corrected chi connectivity index (χ4v) is 4.78. The fourth-order valence-electron chi connectivity index (χ4n) is 4.78. The van der Waals surface area contributed by atoms with Gasteiger partial charge in [-0.05, 0) is 29.7 Å². The van der Waals surface area contributed by atoms with E-state index in [0.717, 1.165) is 29.3 Å². The van der Waals surface area contributed by atoms with E-state index in [9.17, 15) is 4.79 Å². The first-order valence-corrected chi connectivity index (χ1v) is 11.3. The highest BCUT2D eigenvalue weighted by Gasteiger charge is 2.44. The summed E-state index contributed by atoms with van der Waals surface area (Å²) >= 11 is 0. The molecule has 1 amide bonds. The Morgan fingerprint density at radius 1 is 1.12 bits per heavy atom. The number of amidine groups is 1. The SMILES string of the molecule is O=C(CCC1=NNC2C3CC(c4ccccc4)NN3C=CN12)NCc1ccc2c(c1)OCO2. The molecular weight excluding hydrogens is 420 g/mol. The first-order valence-electron chi connectivity index (χ1n) is 11.3. The number of hydrogen-bond acceptors (Lipinski definition) is 8. The van der Waals surface area contributed by atoms with Crippen LogP contribution in [0.3, 0.4) is 0 Å². The summed E-state index contributed by atoms with van der Waals surface area (Å²) in [5.41, 5.74) is 9.13. The van der Waals surface area contributed by atoms with Gasteiger partial charge in [0.25, 0.3) is 0 Å². The van der Waals surface area contributed by atoms with Gasteiger partial charge < -0.3 is 24.7 Å². The number of nitrogens with zero attached hydrogens (tertiary/aromatic N) is 3. The van der Waals surface area contributed by atoms with Crippen LogP contribution in [0.1, 0.15) is 36.4 Å². The van der Waals surface area contributed by atoms with Crippen molar-refractivity contribution in [2.45, 2.75) is 44.1 Å². The van der Waals surface area contributed by atoms with E-state index in [4.69, 9.17) is 9.47 Å². The summed E-state index contributed by atoms with van der Waals surface area (Å²) in [6.07, 6.45) is 6.08. The largest absolute Gasteiger partial charge is 0.454 e. The maximum absolute atomic E-state index is 12.5. The van der Waals surface area contributed by atoms with Crippen LogP contribution in [0, 0.1) is 0 Å². The summed E-state index contributed by atoms with van der Waals surface area (Å²) in [7, 11) is 0. The predicted molar refractivity (Wildman–Crippen MR) is 122 cm³/mol. The summed E-state index contributed by atoms with van der Waals surface area (Å²) < 4.78 is 10.7. The minimum absolute atomic E-state index is 0.00638. The van der Waals surface area contributed by atoms with Crippen LogP contribution in [0.5, 0.6) is 11.5 Å². The minimum Gasteiger partial charge on any atom is -0.454 e. The molecule has 9 heteroatoms. The Bertz CT molecular complexity index is 1100. The van der Waals surface area contributed by atoms with Crippen molar-refractivity contribution < 1.29 is 14.3 Å². The molecule has 3 atom stereocenters. The second-order valence-electron chi connectivity index (χ2n) is 8.57. The van der Waals surface area contributed by atoms with E-state index >= 15 is 0 Å². The van der Waals surface area contributed by atoms with Crippen molar-refractivity contribution in [1.82, 2.24) is 26.1 Å². The van der Waals surface area contributed by atoms with Crippen molar-refractivity contribution in [1.29, 1.82) is 0 Å². The second kappa shape index (κ2) is 8.32. The van der Waals surface area contributed by atoms with Crippen LogP contribution >= 0.6 is 0 Å². The molecule has 0 spiro atoms.